The summed E-state index contributed by atoms with van der Waals surface area (Å²) in [5, 5.41) is 3.67. The van der Waals surface area contributed by atoms with Crippen molar-refractivity contribution in [3.05, 3.63) is 64.7 Å². The van der Waals surface area contributed by atoms with Gasteiger partial charge < -0.3 is 15.0 Å². The second kappa shape index (κ2) is 10.4. The summed E-state index contributed by atoms with van der Waals surface area (Å²) in [7, 11) is 0. The molecule has 6 heteroatoms. The van der Waals surface area contributed by atoms with Crippen LogP contribution in [0.4, 0.5) is 0 Å². The molecule has 0 bridgehead atoms. The lowest BCUT2D eigenvalue weighted by Gasteiger charge is -2.42. The van der Waals surface area contributed by atoms with E-state index in [0.717, 1.165) is 57.2 Å². The van der Waals surface area contributed by atoms with Crippen LogP contribution in [-0.2, 0) is 11.2 Å². The predicted octanol–water partition coefficient (Wildman–Crippen LogP) is 4.87. The number of carbonyl (C=O) groups excluding carboxylic acids is 2. The molecule has 2 amide bonds. The number of nitrogens with one attached hydrogen (secondary N) is 1. The number of halogens is 1. The monoisotopic (exact) mass is 454 g/mol. The van der Waals surface area contributed by atoms with E-state index in [2.05, 4.69) is 5.32 Å². The van der Waals surface area contributed by atoms with Gasteiger partial charge in [-0.15, -0.1) is 0 Å². The van der Waals surface area contributed by atoms with Gasteiger partial charge in [0.15, 0.2) is 0 Å². The number of fused-ring (bicyclic) bond motifs is 1. The van der Waals surface area contributed by atoms with Gasteiger partial charge in [0.25, 0.3) is 5.91 Å². The largest absolute Gasteiger partial charge is 0.493 e. The van der Waals surface area contributed by atoms with Crippen molar-refractivity contribution in [2.24, 2.45) is 5.41 Å². The first-order valence-electron chi connectivity index (χ1n) is 11.6. The third kappa shape index (κ3) is 5.63. The smallest absolute Gasteiger partial charge is 0.255 e. The third-order valence-electron chi connectivity index (χ3n) is 6.79. The van der Waals surface area contributed by atoms with Crippen LogP contribution < -0.4 is 10.1 Å². The quantitative estimate of drug-likeness (QED) is 0.703. The van der Waals surface area contributed by atoms with E-state index in [1.165, 1.54) is 0 Å². The molecule has 170 valence electrons. The van der Waals surface area contributed by atoms with Crippen LogP contribution in [0.3, 0.4) is 0 Å². The lowest BCUT2D eigenvalue weighted by Crippen LogP contribution is -2.48. The molecule has 2 aromatic carbocycles. The summed E-state index contributed by atoms with van der Waals surface area (Å²) >= 11 is 6.14. The van der Waals surface area contributed by atoms with Crippen molar-refractivity contribution >= 4 is 23.4 Å². The Morgan fingerprint density at radius 3 is 2.59 bits per heavy atom. The van der Waals surface area contributed by atoms with Gasteiger partial charge in [-0.05, 0) is 54.9 Å². The molecule has 1 N–H and O–H groups in total. The molecule has 5 nitrogen and oxygen atoms in total. The molecule has 0 atom stereocenters. The minimum atomic E-state index is -0.148. The summed E-state index contributed by atoms with van der Waals surface area (Å²) in [5.74, 6) is 0.622. The SMILES string of the molecule is O=C1NCC2(CCCCCOc3ccc(Cl)cc31)CCN(C(=O)Cc1ccccc1)CC2. The molecule has 0 aliphatic carbocycles. The molecular weight excluding hydrogens is 424 g/mol. The standard InChI is InChI=1S/C26H31ClN2O3/c27-21-9-10-23-22(18-21)25(31)28-19-26(11-5-2-6-16-32-23)12-14-29(15-13-26)24(30)17-20-7-3-1-4-8-20/h1,3-4,7-10,18H,2,5-6,11-17,19H2,(H,28,31). The van der Waals surface area contributed by atoms with Crippen LogP contribution in [0.5, 0.6) is 5.75 Å². The fourth-order valence-electron chi connectivity index (χ4n) is 4.76. The Balaban J connectivity index is 1.41. The molecule has 2 heterocycles. The Morgan fingerprint density at radius 1 is 1.03 bits per heavy atom. The second-order valence-corrected chi connectivity index (χ2v) is 9.46. The summed E-state index contributed by atoms with van der Waals surface area (Å²) in [5.41, 5.74) is 1.57. The van der Waals surface area contributed by atoms with Crippen molar-refractivity contribution in [2.45, 2.75) is 44.9 Å². The fourth-order valence-corrected chi connectivity index (χ4v) is 4.93. The highest BCUT2D eigenvalue weighted by Gasteiger charge is 2.36. The van der Waals surface area contributed by atoms with Crippen molar-refractivity contribution in [1.82, 2.24) is 10.2 Å². The first-order valence-corrected chi connectivity index (χ1v) is 11.9. The highest BCUT2D eigenvalue weighted by atomic mass is 35.5. The second-order valence-electron chi connectivity index (χ2n) is 9.03. The number of ether oxygens (including phenoxy) is 1. The third-order valence-corrected chi connectivity index (χ3v) is 7.03. The van der Waals surface area contributed by atoms with E-state index in [-0.39, 0.29) is 17.2 Å². The van der Waals surface area contributed by atoms with Crippen LogP contribution in [0.2, 0.25) is 5.02 Å². The normalized spacial score (nSPS) is 19.2. The predicted molar refractivity (Wildman–Crippen MR) is 126 cm³/mol. The van der Waals surface area contributed by atoms with Crippen LogP contribution in [0.15, 0.2) is 48.5 Å². The van der Waals surface area contributed by atoms with Crippen molar-refractivity contribution in [1.29, 1.82) is 0 Å². The maximum atomic E-state index is 13.0. The van der Waals surface area contributed by atoms with Crippen LogP contribution in [0.25, 0.3) is 0 Å². The minimum Gasteiger partial charge on any atom is -0.493 e. The minimum absolute atomic E-state index is 0.0258. The van der Waals surface area contributed by atoms with Crippen molar-refractivity contribution in [2.75, 3.05) is 26.2 Å². The van der Waals surface area contributed by atoms with E-state index < -0.39 is 0 Å². The molecule has 1 fully saturated rings. The van der Waals surface area contributed by atoms with Gasteiger partial charge in [-0.2, -0.15) is 0 Å². The molecule has 2 aromatic rings. The molecule has 1 spiro atoms. The van der Waals surface area contributed by atoms with Crippen molar-refractivity contribution < 1.29 is 14.3 Å². The molecule has 1 saturated heterocycles. The first-order chi connectivity index (χ1) is 15.5. The molecule has 32 heavy (non-hydrogen) atoms. The number of carbonyl (C=O) groups is 2. The van der Waals surface area contributed by atoms with Crippen LogP contribution in [0.1, 0.15) is 54.4 Å². The maximum absolute atomic E-state index is 13.0. The average molecular weight is 455 g/mol. The summed E-state index contributed by atoms with van der Waals surface area (Å²) in [6, 6.07) is 15.1. The zero-order chi connectivity index (χ0) is 22.4. The van der Waals surface area contributed by atoms with Gasteiger partial charge in [0.05, 0.1) is 18.6 Å². The van der Waals surface area contributed by atoms with E-state index in [1.54, 1.807) is 18.2 Å². The molecule has 0 aromatic heterocycles. The van der Waals surface area contributed by atoms with Crippen molar-refractivity contribution in [3.63, 3.8) is 0 Å². The number of nitrogens with zero attached hydrogens (tertiary/aromatic N) is 1. The lowest BCUT2D eigenvalue weighted by atomic mass is 9.74. The van der Waals surface area contributed by atoms with E-state index in [4.69, 9.17) is 16.3 Å². The van der Waals surface area contributed by atoms with Crippen LogP contribution in [0, 0.1) is 5.41 Å². The number of amides is 2. The summed E-state index contributed by atoms with van der Waals surface area (Å²) < 4.78 is 5.85. The van der Waals surface area contributed by atoms with Gasteiger partial charge in [0.2, 0.25) is 5.91 Å². The topological polar surface area (TPSA) is 58.6 Å². The van der Waals surface area contributed by atoms with Gasteiger partial charge in [-0.1, -0.05) is 54.8 Å². The van der Waals surface area contributed by atoms with E-state index in [9.17, 15) is 9.59 Å². The molecule has 0 unspecified atom stereocenters. The van der Waals surface area contributed by atoms with Gasteiger partial charge in [0, 0.05) is 24.7 Å². The molecule has 2 aliphatic rings. The van der Waals surface area contributed by atoms with E-state index in [0.29, 0.717) is 35.9 Å². The van der Waals surface area contributed by atoms with E-state index >= 15 is 0 Å². The number of benzene rings is 2. The average Bonchev–Trinajstić information content (AvgIpc) is 2.81. The van der Waals surface area contributed by atoms with Gasteiger partial charge in [-0.25, -0.2) is 0 Å². The lowest BCUT2D eigenvalue weighted by molar-refractivity contribution is -0.132. The highest BCUT2D eigenvalue weighted by Crippen LogP contribution is 2.37. The molecular formula is C26H31ClN2O3. The molecule has 0 radical (unpaired) electrons. The highest BCUT2D eigenvalue weighted by molar-refractivity contribution is 6.31. The fraction of sp³-hybridized carbons (Fsp3) is 0.462. The maximum Gasteiger partial charge on any atom is 0.255 e. The molecule has 2 aliphatic heterocycles. The van der Waals surface area contributed by atoms with E-state index in [1.807, 2.05) is 35.2 Å². The Bertz CT molecular complexity index is 939. The number of likely N-dealkylation sites (tertiary alicyclic amines) is 1. The Morgan fingerprint density at radius 2 is 1.81 bits per heavy atom. The molecule has 0 saturated carbocycles. The Labute approximate surface area is 195 Å². The van der Waals surface area contributed by atoms with Gasteiger partial charge in [-0.3, -0.25) is 9.59 Å². The van der Waals surface area contributed by atoms with Crippen LogP contribution in [-0.4, -0.2) is 43.0 Å². The van der Waals surface area contributed by atoms with Gasteiger partial charge in [0.1, 0.15) is 5.75 Å². The van der Waals surface area contributed by atoms with Gasteiger partial charge >= 0.3 is 0 Å². The first kappa shape index (κ1) is 22.7. The van der Waals surface area contributed by atoms with Crippen LogP contribution >= 0.6 is 11.6 Å². The zero-order valence-corrected chi connectivity index (χ0v) is 19.2. The number of piperidine rings is 1. The Hall–Kier alpha value is -2.53. The summed E-state index contributed by atoms with van der Waals surface area (Å²) in [4.78, 5) is 27.7. The zero-order valence-electron chi connectivity index (χ0n) is 18.4. The Kier molecular flexibility index (Phi) is 7.36. The molecule has 4 rings (SSSR count). The van der Waals surface area contributed by atoms with Crippen molar-refractivity contribution in [3.8, 4) is 5.75 Å². The summed E-state index contributed by atoms with van der Waals surface area (Å²) in [6.07, 6.45) is 6.47. The number of hydrogen-bond donors (Lipinski definition) is 1. The number of rotatable bonds is 2. The summed E-state index contributed by atoms with van der Waals surface area (Å²) in [6.45, 7) is 2.69. The number of hydrogen-bond acceptors (Lipinski definition) is 3.